The highest BCUT2D eigenvalue weighted by atomic mass is 19.1. The maximum Gasteiger partial charge on any atom is 0.306 e. The van der Waals surface area contributed by atoms with E-state index in [1.165, 1.54) is 0 Å². The second-order valence-electron chi connectivity index (χ2n) is 12.3. The fraction of sp³-hybridized carbons (Fsp3) is 0.500. The Labute approximate surface area is 251 Å². The lowest BCUT2D eigenvalue weighted by Crippen LogP contribution is -2.36. The highest BCUT2D eigenvalue weighted by molar-refractivity contribution is 6.04. The van der Waals surface area contributed by atoms with Gasteiger partial charge >= 0.3 is 5.97 Å². The van der Waals surface area contributed by atoms with E-state index in [9.17, 15) is 9.59 Å². The summed E-state index contributed by atoms with van der Waals surface area (Å²) in [7, 11) is 4.91. The van der Waals surface area contributed by atoms with E-state index < -0.39 is 11.4 Å². The van der Waals surface area contributed by atoms with Crippen LogP contribution in [0.2, 0.25) is 0 Å². The van der Waals surface area contributed by atoms with Gasteiger partial charge in [0.05, 0.1) is 44.6 Å². The molecule has 230 valence electrons. The number of fused-ring (bicyclic) bond motifs is 1. The summed E-state index contributed by atoms with van der Waals surface area (Å²) < 4.78 is 34.4. The number of hydrogen-bond acceptors (Lipinski definition) is 8. The Balaban J connectivity index is 1.47. The van der Waals surface area contributed by atoms with Gasteiger partial charge in [-0.3, -0.25) is 14.3 Å². The molecule has 1 aromatic carbocycles. The molecule has 43 heavy (non-hydrogen) atoms. The fourth-order valence-electron chi connectivity index (χ4n) is 5.99. The minimum Gasteiger partial charge on any atom is -0.497 e. The van der Waals surface area contributed by atoms with Crippen LogP contribution in [0.15, 0.2) is 30.6 Å². The first-order valence-corrected chi connectivity index (χ1v) is 14.7. The van der Waals surface area contributed by atoms with Gasteiger partial charge in [0, 0.05) is 48.6 Å². The Morgan fingerprint density at radius 2 is 1.93 bits per heavy atom. The van der Waals surface area contributed by atoms with Crippen molar-refractivity contribution in [2.24, 2.45) is 13.0 Å². The van der Waals surface area contributed by atoms with Gasteiger partial charge in [-0.2, -0.15) is 5.10 Å². The lowest BCUT2D eigenvalue weighted by molar-refractivity contribution is -0.156. The third kappa shape index (κ3) is 6.60. The van der Waals surface area contributed by atoms with Gasteiger partial charge in [-0.1, -0.05) is 12.8 Å². The zero-order chi connectivity index (χ0) is 30.9. The summed E-state index contributed by atoms with van der Waals surface area (Å²) in [4.78, 5) is 32.8. The number of hydrogen-bond donors (Lipinski definition) is 1. The van der Waals surface area contributed by atoms with E-state index in [-0.39, 0.29) is 60.3 Å². The van der Waals surface area contributed by atoms with E-state index in [2.05, 4.69) is 10.4 Å². The van der Waals surface area contributed by atoms with Crippen LogP contribution in [0.3, 0.4) is 0 Å². The number of benzene rings is 1. The van der Waals surface area contributed by atoms with Crippen molar-refractivity contribution in [2.75, 3.05) is 19.5 Å². The molecule has 1 amide bonds. The molecule has 0 radical (unpaired) electrons. The predicted molar refractivity (Wildman–Crippen MR) is 159 cm³/mol. The van der Waals surface area contributed by atoms with Crippen molar-refractivity contribution in [1.82, 2.24) is 19.7 Å². The molecule has 10 nitrogen and oxygen atoms in total. The van der Waals surface area contributed by atoms with Crippen LogP contribution in [0.4, 0.5) is 10.2 Å². The number of aryl methyl sites for hydroxylation is 1. The van der Waals surface area contributed by atoms with Gasteiger partial charge in [-0.15, -0.1) is 0 Å². The number of aromatic nitrogens is 3. The number of amides is 1. The summed E-state index contributed by atoms with van der Waals surface area (Å²) in [6, 6.07) is 5.23. The summed E-state index contributed by atoms with van der Waals surface area (Å²) in [5.41, 5.74) is 1.71. The highest BCUT2D eigenvalue weighted by Crippen LogP contribution is 2.39. The first-order valence-electron chi connectivity index (χ1n) is 14.7. The summed E-state index contributed by atoms with van der Waals surface area (Å²) in [5.74, 6) is 0.127. The third-order valence-corrected chi connectivity index (χ3v) is 8.00. The van der Waals surface area contributed by atoms with E-state index >= 15 is 4.39 Å². The number of carbonyl (C=O) groups excluding carboxylic acids is 2. The number of nitrogens with zero attached hydrogens (tertiary/aromatic N) is 4. The Morgan fingerprint density at radius 1 is 1.16 bits per heavy atom. The van der Waals surface area contributed by atoms with Crippen LogP contribution in [0, 0.1) is 11.7 Å². The molecule has 11 heteroatoms. The fourth-order valence-corrected chi connectivity index (χ4v) is 5.99. The Bertz CT molecular complexity index is 1510. The Hall–Kier alpha value is -4.15. The molecule has 1 aliphatic heterocycles. The molecule has 3 heterocycles. The van der Waals surface area contributed by atoms with Crippen molar-refractivity contribution >= 4 is 17.7 Å². The van der Waals surface area contributed by atoms with Crippen molar-refractivity contribution < 1.29 is 28.2 Å². The molecular formula is C32H40FN5O5. The summed E-state index contributed by atoms with van der Waals surface area (Å²) in [5, 5.41) is 7.61. The lowest BCUT2D eigenvalue weighted by atomic mass is 9.82. The molecule has 1 aliphatic carbocycles. The second-order valence-corrected chi connectivity index (χ2v) is 12.3. The largest absolute Gasteiger partial charge is 0.497 e. The zero-order valence-corrected chi connectivity index (χ0v) is 25.7. The highest BCUT2D eigenvalue weighted by Gasteiger charge is 2.37. The van der Waals surface area contributed by atoms with E-state index in [4.69, 9.17) is 19.2 Å². The van der Waals surface area contributed by atoms with Crippen molar-refractivity contribution in [1.29, 1.82) is 0 Å². The number of ether oxygens (including phenoxy) is 3. The van der Waals surface area contributed by atoms with Crippen LogP contribution in [0.1, 0.15) is 74.4 Å². The second kappa shape index (κ2) is 12.2. The molecule has 0 unspecified atom stereocenters. The van der Waals surface area contributed by atoms with E-state index in [0.29, 0.717) is 22.8 Å². The number of nitrogens with one attached hydrogen (secondary N) is 1. The lowest BCUT2D eigenvalue weighted by Gasteiger charge is -2.33. The first-order chi connectivity index (χ1) is 20.5. The summed E-state index contributed by atoms with van der Waals surface area (Å²) >= 11 is 0. The minimum absolute atomic E-state index is 0.0273. The summed E-state index contributed by atoms with van der Waals surface area (Å²) in [6.45, 7) is 5.84. The molecule has 2 aromatic heterocycles. The molecule has 0 spiro atoms. The van der Waals surface area contributed by atoms with E-state index in [1.54, 1.807) is 55.4 Å². The minimum atomic E-state index is -0.574. The van der Waals surface area contributed by atoms with Crippen LogP contribution >= 0.6 is 0 Å². The average Bonchev–Trinajstić information content (AvgIpc) is 3.53. The summed E-state index contributed by atoms with van der Waals surface area (Å²) in [6.07, 6.45) is 7.18. The molecule has 3 aromatic rings. The number of anilines is 1. The molecule has 1 saturated carbocycles. The van der Waals surface area contributed by atoms with Gasteiger partial charge in [-0.05, 0) is 51.7 Å². The number of esters is 1. The van der Waals surface area contributed by atoms with Gasteiger partial charge in [0.15, 0.2) is 11.6 Å². The standard InChI is InChI=1S/C32H40FN5O5/c1-32(2,3)43-26(39)13-19-9-7-8-10-24(19)35-30-28(33)23-18-38(17-20-11-12-22(41-5)14-25(20)42-6)31(40)27(23)29(36-30)21-15-34-37(4)16-21/h11-12,14-16,19,24H,7-10,13,17-18H2,1-6H3,(H,35,36)/t19-,24-/m1/s1. The first kappa shape index (κ1) is 30.3. The number of rotatable bonds is 9. The van der Waals surface area contributed by atoms with Gasteiger partial charge < -0.3 is 24.4 Å². The van der Waals surface area contributed by atoms with Crippen molar-refractivity contribution in [3.8, 4) is 22.8 Å². The number of methoxy groups -OCH3 is 2. The smallest absolute Gasteiger partial charge is 0.306 e. The van der Waals surface area contributed by atoms with Crippen LogP contribution in [0.25, 0.3) is 11.3 Å². The number of pyridine rings is 1. The van der Waals surface area contributed by atoms with E-state index in [1.807, 2.05) is 26.8 Å². The molecule has 1 fully saturated rings. The third-order valence-electron chi connectivity index (χ3n) is 8.00. The van der Waals surface area contributed by atoms with Crippen molar-refractivity contribution in [3.05, 3.63) is 53.1 Å². The van der Waals surface area contributed by atoms with Crippen LogP contribution in [-0.4, -0.2) is 57.4 Å². The number of carbonyl (C=O) groups is 2. The van der Waals surface area contributed by atoms with Crippen LogP contribution in [-0.2, 0) is 29.7 Å². The topological polar surface area (TPSA) is 108 Å². The monoisotopic (exact) mass is 593 g/mol. The number of halogens is 1. The van der Waals surface area contributed by atoms with Gasteiger partial charge in [0.1, 0.15) is 17.1 Å². The maximum atomic E-state index is 16.3. The van der Waals surface area contributed by atoms with E-state index in [0.717, 1.165) is 31.2 Å². The van der Waals surface area contributed by atoms with Crippen molar-refractivity contribution in [3.63, 3.8) is 0 Å². The van der Waals surface area contributed by atoms with Crippen LogP contribution in [0.5, 0.6) is 11.5 Å². The molecule has 1 N–H and O–H groups in total. The zero-order valence-electron chi connectivity index (χ0n) is 25.7. The van der Waals surface area contributed by atoms with Crippen LogP contribution < -0.4 is 14.8 Å². The normalized spacial score (nSPS) is 18.4. The average molecular weight is 594 g/mol. The molecule has 5 rings (SSSR count). The van der Waals surface area contributed by atoms with Gasteiger partial charge in [0.25, 0.3) is 5.91 Å². The predicted octanol–water partition coefficient (Wildman–Crippen LogP) is 5.50. The molecule has 0 bridgehead atoms. The maximum absolute atomic E-state index is 16.3. The molecule has 0 saturated heterocycles. The Morgan fingerprint density at radius 3 is 2.60 bits per heavy atom. The molecule has 2 atom stereocenters. The van der Waals surface area contributed by atoms with Gasteiger partial charge in [-0.25, -0.2) is 9.37 Å². The van der Waals surface area contributed by atoms with Crippen molar-refractivity contribution in [2.45, 2.75) is 77.6 Å². The Kier molecular flexibility index (Phi) is 8.62. The quantitative estimate of drug-likeness (QED) is 0.324. The SMILES string of the molecule is COc1ccc(CN2Cc3c(F)c(N[C@@H]4CCCC[C@@H]4CC(=O)OC(C)(C)C)nc(-c4cnn(C)c4)c3C2=O)c(OC)c1. The molecular weight excluding hydrogens is 553 g/mol. The molecule has 2 aliphatic rings. The van der Waals surface area contributed by atoms with Gasteiger partial charge in [0.2, 0.25) is 0 Å².